The first-order chi connectivity index (χ1) is 9.95. The van der Waals surface area contributed by atoms with Crippen LogP contribution in [0.1, 0.15) is 38.8 Å². The van der Waals surface area contributed by atoms with Crippen molar-refractivity contribution in [3.05, 3.63) is 40.8 Å². The molecule has 0 aliphatic carbocycles. The largest absolute Gasteiger partial charge is 0.396 e. The molecule has 3 nitrogen and oxygen atoms in total. The van der Waals surface area contributed by atoms with Gasteiger partial charge in [0, 0.05) is 42.4 Å². The smallest absolute Gasteiger partial charge is 0.134 e. The van der Waals surface area contributed by atoms with Crippen LogP contribution in [0.25, 0.3) is 0 Å². The van der Waals surface area contributed by atoms with E-state index in [4.69, 9.17) is 11.6 Å². The van der Waals surface area contributed by atoms with Crippen molar-refractivity contribution >= 4 is 11.6 Å². The van der Waals surface area contributed by atoms with E-state index in [0.717, 1.165) is 18.5 Å². The maximum absolute atomic E-state index is 10.1. The van der Waals surface area contributed by atoms with Gasteiger partial charge in [-0.15, -0.1) is 0 Å². The van der Waals surface area contributed by atoms with Crippen LogP contribution in [0.15, 0.2) is 30.1 Å². The molecule has 1 unspecified atom stereocenters. The normalized spacial score (nSPS) is 28.7. The number of pyridine rings is 1. The molecule has 0 spiro atoms. The van der Waals surface area contributed by atoms with E-state index in [2.05, 4.69) is 36.7 Å². The Labute approximate surface area is 131 Å². The van der Waals surface area contributed by atoms with Gasteiger partial charge in [-0.05, 0) is 17.9 Å². The maximum atomic E-state index is 10.1. The fourth-order valence-electron chi connectivity index (χ4n) is 4.14. The molecule has 1 aromatic rings. The maximum Gasteiger partial charge on any atom is 0.134 e. The fourth-order valence-corrected chi connectivity index (χ4v) is 4.38. The van der Waals surface area contributed by atoms with Crippen LogP contribution in [0.2, 0.25) is 5.15 Å². The van der Waals surface area contributed by atoms with Crippen molar-refractivity contribution in [2.45, 2.75) is 33.2 Å². The number of aliphatic hydroxyl groups is 1. The summed E-state index contributed by atoms with van der Waals surface area (Å²) in [6, 6.07) is 4.11. The van der Waals surface area contributed by atoms with Crippen LogP contribution in [0, 0.1) is 17.3 Å². The minimum absolute atomic E-state index is 0.116. The third-order valence-corrected chi connectivity index (χ3v) is 5.11. The van der Waals surface area contributed by atoms with E-state index in [-0.39, 0.29) is 24.0 Å². The van der Waals surface area contributed by atoms with Crippen molar-refractivity contribution < 1.29 is 5.11 Å². The van der Waals surface area contributed by atoms with Gasteiger partial charge < -0.3 is 10.0 Å². The number of fused-ring (bicyclic) bond motifs is 1. The predicted molar refractivity (Wildman–Crippen MR) is 84.9 cm³/mol. The average Bonchev–Trinajstić information content (AvgIpc) is 2.97. The van der Waals surface area contributed by atoms with Gasteiger partial charge in [-0.1, -0.05) is 44.5 Å². The Morgan fingerprint density at radius 3 is 2.81 bits per heavy atom. The summed E-state index contributed by atoms with van der Waals surface area (Å²) >= 11 is 6.34. The molecule has 1 N–H and O–H groups in total. The van der Waals surface area contributed by atoms with Gasteiger partial charge in [0.25, 0.3) is 0 Å². The molecule has 3 rings (SSSR count). The number of hydrogen-bond acceptors (Lipinski definition) is 3. The lowest BCUT2D eigenvalue weighted by Gasteiger charge is -2.32. The number of allylic oxidation sites excluding steroid dienone is 1. The van der Waals surface area contributed by atoms with Crippen molar-refractivity contribution in [3.8, 4) is 0 Å². The van der Waals surface area contributed by atoms with Gasteiger partial charge in [0.05, 0.1) is 6.04 Å². The summed E-state index contributed by atoms with van der Waals surface area (Å²) in [5.41, 5.74) is 2.54. The lowest BCUT2D eigenvalue weighted by atomic mass is 9.71. The molecule has 1 aromatic heterocycles. The molecule has 0 aromatic carbocycles. The van der Waals surface area contributed by atoms with Gasteiger partial charge >= 0.3 is 0 Å². The van der Waals surface area contributed by atoms with E-state index < -0.39 is 0 Å². The zero-order valence-corrected chi connectivity index (χ0v) is 13.6. The molecule has 3 heterocycles. The van der Waals surface area contributed by atoms with Crippen LogP contribution in [0.3, 0.4) is 0 Å². The van der Waals surface area contributed by atoms with Gasteiger partial charge in [-0.2, -0.15) is 0 Å². The third kappa shape index (κ3) is 2.36. The third-order valence-electron chi connectivity index (χ3n) is 4.79. The van der Waals surface area contributed by atoms with E-state index in [1.807, 2.05) is 12.1 Å². The Hall–Kier alpha value is -1.06. The number of halogens is 1. The molecule has 0 radical (unpaired) electrons. The van der Waals surface area contributed by atoms with Crippen molar-refractivity contribution in [2.75, 3.05) is 13.2 Å². The summed E-state index contributed by atoms with van der Waals surface area (Å²) < 4.78 is 0. The highest BCUT2D eigenvalue weighted by Crippen LogP contribution is 2.55. The summed E-state index contributed by atoms with van der Waals surface area (Å²) in [6.45, 7) is 7.95. The van der Waals surface area contributed by atoms with Crippen molar-refractivity contribution in [1.82, 2.24) is 9.88 Å². The first-order valence-electron chi connectivity index (χ1n) is 7.63. The molecule has 2 aliphatic rings. The minimum Gasteiger partial charge on any atom is -0.396 e. The quantitative estimate of drug-likeness (QED) is 0.847. The molecule has 21 heavy (non-hydrogen) atoms. The van der Waals surface area contributed by atoms with Crippen molar-refractivity contribution in [2.24, 2.45) is 17.3 Å². The van der Waals surface area contributed by atoms with Gasteiger partial charge in [-0.25, -0.2) is 4.98 Å². The SMILES string of the molecule is CC(C)(C)C1C2=CCCN2[C@H](c2cccnc2Cl)[C@@H]1CO. The number of aliphatic hydroxyl groups excluding tert-OH is 1. The van der Waals surface area contributed by atoms with E-state index in [0.29, 0.717) is 11.1 Å². The van der Waals surface area contributed by atoms with Crippen LogP contribution in [-0.2, 0) is 0 Å². The number of rotatable bonds is 2. The second-order valence-corrected chi connectivity index (χ2v) is 7.49. The van der Waals surface area contributed by atoms with Crippen LogP contribution in [0.4, 0.5) is 0 Å². The van der Waals surface area contributed by atoms with Gasteiger partial charge in [0.15, 0.2) is 0 Å². The topological polar surface area (TPSA) is 36.4 Å². The van der Waals surface area contributed by atoms with Crippen LogP contribution in [-0.4, -0.2) is 28.1 Å². The molecule has 3 atom stereocenters. The van der Waals surface area contributed by atoms with Crippen LogP contribution < -0.4 is 0 Å². The first kappa shape index (κ1) is 14.9. The van der Waals surface area contributed by atoms with Gasteiger partial charge in [0.1, 0.15) is 5.15 Å². The highest BCUT2D eigenvalue weighted by Gasteiger charge is 2.51. The Morgan fingerprint density at radius 1 is 1.43 bits per heavy atom. The minimum atomic E-state index is 0.116. The van der Waals surface area contributed by atoms with Crippen LogP contribution in [0.5, 0.6) is 0 Å². The molecule has 2 aliphatic heterocycles. The lowest BCUT2D eigenvalue weighted by molar-refractivity contribution is 0.117. The standard InChI is InChI=1S/C17H23ClN2O/c1-17(2,3)14-12(10-21)15(20-9-5-7-13(14)20)11-6-4-8-19-16(11)18/h4,6-8,12,14-15,21H,5,9-10H2,1-3H3/t12-,14?,15-/m1/s1. The summed E-state index contributed by atoms with van der Waals surface area (Å²) in [7, 11) is 0. The van der Waals surface area contributed by atoms with Gasteiger partial charge in [-0.3, -0.25) is 0 Å². The van der Waals surface area contributed by atoms with E-state index >= 15 is 0 Å². The number of hydrogen-bond donors (Lipinski definition) is 1. The van der Waals surface area contributed by atoms with E-state index in [1.165, 1.54) is 5.70 Å². The molecular weight excluding hydrogens is 284 g/mol. The average molecular weight is 307 g/mol. The summed E-state index contributed by atoms with van der Waals surface area (Å²) in [6.07, 6.45) is 5.13. The predicted octanol–water partition coefficient (Wildman–Crippen LogP) is 3.65. The zero-order valence-electron chi connectivity index (χ0n) is 12.9. The Kier molecular flexibility index (Phi) is 3.74. The van der Waals surface area contributed by atoms with E-state index in [1.54, 1.807) is 6.20 Å². The summed E-state index contributed by atoms with van der Waals surface area (Å²) in [4.78, 5) is 6.66. The molecule has 114 valence electrons. The molecule has 4 heteroatoms. The zero-order chi connectivity index (χ0) is 15.2. The van der Waals surface area contributed by atoms with E-state index in [9.17, 15) is 5.11 Å². The summed E-state index contributed by atoms with van der Waals surface area (Å²) in [5, 5.41) is 10.6. The first-order valence-corrected chi connectivity index (χ1v) is 8.01. The second kappa shape index (κ2) is 5.29. The number of nitrogens with zero attached hydrogens (tertiary/aromatic N) is 2. The molecule has 1 fully saturated rings. The highest BCUT2D eigenvalue weighted by molar-refractivity contribution is 6.30. The molecule has 0 saturated carbocycles. The molecular formula is C17H23ClN2O. The number of aromatic nitrogens is 1. The highest BCUT2D eigenvalue weighted by atomic mass is 35.5. The molecule has 0 bridgehead atoms. The van der Waals surface area contributed by atoms with Crippen LogP contribution >= 0.6 is 11.6 Å². The van der Waals surface area contributed by atoms with Gasteiger partial charge in [0.2, 0.25) is 0 Å². The molecule has 0 amide bonds. The molecule has 1 saturated heterocycles. The Bertz CT molecular complexity index is 564. The summed E-state index contributed by atoms with van der Waals surface area (Å²) in [5.74, 6) is 0.518. The van der Waals surface area contributed by atoms with Crippen molar-refractivity contribution in [1.29, 1.82) is 0 Å². The van der Waals surface area contributed by atoms with Crippen molar-refractivity contribution in [3.63, 3.8) is 0 Å². The Morgan fingerprint density at radius 2 is 2.19 bits per heavy atom. The Balaban J connectivity index is 2.09. The fraction of sp³-hybridized carbons (Fsp3) is 0.588. The monoisotopic (exact) mass is 306 g/mol. The lowest BCUT2D eigenvalue weighted by Crippen LogP contribution is -2.30. The second-order valence-electron chi connectivity index (χ2n) is 7.13.